The van der Waals surface area contributed by atoms with Crippen molar-refractivity contribution in [3.8, 4) is 0 Å². The number of guanidine groups is 1. The van der Waals surface area contributed by atoms with Crippen LogP contribution in [0.3, 0.4) is 0 Å². The average molecular weight is 432 g/mol. The molecule has 2 fully saturated rings. The molecule has 0 aliphatic carbocycles. The SMILES string of the molecule is CCNC(=NCc1cccnc1N1CCC(C(N)=O)CC1)NCC(C)N1CCOCC1. The number of piperidine rings is 1. The van der Waals surface area contributed by atoms with E-state index in [0.717, 1.165) is 82.7 Å². The molecule has 3 heterocycles. The molecule has 2 saturated heterocycles. The highest BCUT2D eigenvalue weighted by molar-refractivity contribution is 5.80. The fourth-order valence-corrected chi connectivity index (χ4v) is 4.11. The predicted molar refractivity (Wildman–Crippen MR) is 123 cm³/mol. The Balaban J connectivity index is 1.59. The van der Waals surface area contributed by atoms with Crippen molar-refractivity contribution < 1.29 is 9.53 Å². The van der Waals surface area contributed by atoms with Gasteiger partial charge in [0.05, 0.1) is 19.8 Å². The summed E-state index contributed by atoms with van der Waals surface area (Å²) < 4.78 is 5.45. The van der Waals surface area contributed by atoms with Crippen LogP contribution in [0.4, 0.5) is 5.82 Å². The van der Waals surface area contributed by atoms with Gasteiger partial charge >= 0.3 is 0 Å². The van der Waals surface area contributed by atoms with Crippen molar-refractivity contribution in [2.45, 2.75) is 39.3 Å². The van der Waals surface area contributed by atoms with E-state index < -0.39 is 0 Å². The molecule has 1 amide bonds. The van der Waals surface area contributed by atoms with E-state index in [4.69, 9.17) is 15.5 Å². The maximum absolute atomic E-state index is 11.5. The molecule has 1 aromatic rings. The largest absolute Gasteiger partial charge is 0.379 e. The van der Waals surface area contributed by atoms with Gasteiger partial charge in [-0.25, -0.2) is 9.98 Å². The molecule has 1 atom stereocenters. The highest BCUT2D eigenvalue weighted by atomic mass is 16.5. The number of morpholine rings is 1. The first-order valence-electron chi connectivity index (χ1n) is 11.4. The molecule has 0 bridgehead atoms. The molecule has 9 nitrogen and oxygen atoms in total. The van der Waals surface area contributed by atoms with E-state index in [0.29, 0.717) is 12.6 Å². The van der Waals surface area contributed by atoms with Crippen LogP contribution in [0.2, 0.25) is 0 Å². The summed E-state index contributed by atoms with van der Waals surface area (Å²) in [7, 11) is 0. The number of aliphatic imine (C=N–C) groups is 1. The highest BCUT2D eigenvalue weighted by Gasteiger charge is 2.25. The normalized spacial score (nSPS) is 19.8. The van der Waals surface area contributed by atoms with Crippen molar-refractivity contribution in [3.63, 3.8) is 0 Å². The maximum atomic E-state index is 11.5. The van der Waals surface area contributed by atoms with Crippen molar-refractivity contribution in [2.75, 3.05) is 57.4 Å². The second-order valence-electron chi connectivity index (χ2n) is 8.22. The Kier molecular flexibility index (Phi) is 8.90. The lowest BCUT2D eigenvalue weighted by Crippen LogP contribution is -2.49. The molecule has 1 aromatic heterocycles. The van der Waals surface area contributed by atoms with E-state index in [1.807, 2.05) is 12.3 Å². The van der Waals surface area contributed by atoms with Crippen molar-refractivity contribution >= 4 is 17.7 Å². The van der Waals surface area contributed by atoms with Gasteiger partial charge in [0.1, 0.15) is 5.82 Å². The molecule has 3 rings (SSSR count). The predicted octanol–water partition coefficient (Wildman–Crippen LogP) is 0.559. The number of amides is 1. The number of pyridine rings is 1. The van der Waals surface area contributed by atoms with Crippen molar-refractivity contribution in [1.29, 1.82) is 0 Å². The van der Waals surface area contributed by atoms with E-state index >= 15 is 0 Å². The zero-order chi connectivity index (χ0) is 22.1. The van der Waals surface area contributed by atoms with Gasteiger partial charge in [-0.1, -0.05) is 6.07 Å². The van der Waals surface area contributed by atoms with Gasteiger partial charge in [-0.05, 0) is 32.8 Å². The molecule has 0 radical (unpaired) electrons. The Labute approximate surface area is 185 Å². The van der Waals surface area contributed by atoms with Crippen LogP contribution in [0.5, 0.6) is 0 Å². The standard InChI is InChI=1S/C22H37N7O2/c1-3-24-22(26-15-17(2)28-11-13-31-14-12-28)27-16-19-5-4-8-25-21(19)29-9-6-18(7-10-29)20(23)30/h4-5,8,17-18H,3,6-7,9-16H2,1-2H3,(H2,23,30)(H2,24,26,27). The van der Waals surface area contributed by atoms with Crippen LogP contribution in [0.25, 0.3) is 0 Å². The molecule has 1 unspecified atom stereocenters. The van der Waals surface area contributed by atoms with Crippen LogP contribution in [0.15, 0.2) is 23.3 Å². The molecule has 0 spiro atoms. The number of nitrogens with zero attached hydrogens (tertiary/aromatic N) is 4. The molecule has 0 aromatic carbocycles. The molecule has 9 heteroatoms. The van der Waals surface area contributed by atoms with Gasteiger partial charge in [-0.15, -0.1) is 0 Å². The smallest absolute Gasteiger partial charge is 0.220 e. The number of nitrogens with one attached hydrogen (secondary N) is 2. The lowest BCUT2D eigenvalue weighted by atomic mass is 9.96. The summed E-state index contributed by atoms with van der Waals surface area (Å²) in [5.41, 5.74) is 6.56. The van der Waals surface area contributed by atoms with E-state index in [1.54, 1.807) is 0 Å². The minimum absolute atomic E-state index is 0.0283. The van der Waals surface area contributed by atoms with E-state index in [1.165, 1.54) is 0 Å². The summed E-state index contributed by atoms with van der Waals surface area (Å²) in [6.07, 6.45) is 3.37. The van der Waals surface area contributed by atoms with Gasteiger partial charge in [0, 0.05) is 63.0 Å². The van der Waals surface area contributed by atoms with Crippen LogP contribution in [0, 0.1) is 5.92 Å². The number of hydrogen-bond acceptors (Lipinski definition) is 6. The third kappa shape index (κ3) is 6.80. The van der Waals surface area contributed by atoms with Crippen LogP contribution < -0.4 is 21.3 Å². The highest BCUT2D eigenvalue weighted by Crippen LogP contribution is 2.24. The number of carbonyl (C=O) groups is 1. The second-order valence-corrected chi connectivity index (χ2v) is 8.22. The van der Waals surface area contributed by atoms with Gasteiger partial charge in [-0.2, -0.15) is 0 Å². The van der Waals surface area contributed by atoms with Gasteiger partial charge in [0.15, 0.2) is 5.96 Å². The van der Waals surface area contributed by atoms with Crippen LogP contribution >= 0.6 is 0 Å². The number of anilines is 1. The summed E-state index contributed by atoms with van der Waals surface area (Å²) in [6.45, 7) is 11.6. The van der Waals surface area contributed by atoms with Crippen molar-refractivity contribution in [2.24, 2.45) is 16.6 Å². The van der Waals surface area contributed by atoms with E-state index in [-0.39, 0.29) is 11.8 Å². The first kappa shape index (κ1) is 23.3. The summed E-state index contributed by atoms with van der Waals surface area (Å²) in [5, 5.41) is 6.81. The Morgan fingerprint density at radius 1 is 1.29 bits per heavy atom. The summed E-state index contributed by atoms with van der Waals surface area (Å²) in [6, 6.07) is 4.44. The van der Waals surface area contributed by atoms with E-state index in [2.05, 4.69) is 45.3 Å². The monoisotopic (exact) mass is 431 g/mol. The average Bonchev–Trinajstić information content (AvgIpc) is 2.81. The van der Waals surface area contributed by atoms with Gasteiger partial charge in [0.25, 0.3) is 0 Å². The third-order valence-corrected chi connectivity index (χ3v) is 6.05. The minimum atomic E-state index is -0.196. The molecule has 0 saturated carbocycles. The minimum Gasteiger partial charge on any atom is -0.379 e. The Hall–Kier alpha value is -2.39. The van der Waals surface area contributed by atoms with Crippen LogP contribution in [0.1, 0.15) is 32.3 Å². The molecule has 2 aliphatic heterocycles. The Morgan fingerprint density at radius 2 is 2.03 bits per heavy atom. The van der Waals surface area contributed by atoms with Crippen molar-refractivity contribution in [3.05, 3.63) is 23.9 Å². The number of carbonyl (C=O) groups excluding carboxylic acids is 1. The van der Waals surface area contributed by atoms with Gasteiger partial charge in [-0.3, -0.25) is 9.69 Å². The molecular weight excluding hydrogens is 394 g/mol. The number of nitrogens with two attached hydrogens (primary N) is 1. The lowest BCUT2D eigenvalue weighted by molar-refractivity contribution is -0.122. The fourth-order valence-electron chi connectivity index (χ4n) is 4.11. The van der Waals surface area contributed by atoms with Crippen molar-refractivity contribution in [1.82, 2.24) is 20.5 Å². The number of ether oxygens (including phenoxy) is 1. The first-order valence-corrected chi connectivity index (χ1v) is 11.4. The number of aromatic nitrogens is 1. The fraction of sp³-hybridized carbons (Fsp3) is 0.682. The summed E-state index contributed by atoms with van der Waals surface area (Å²) in [4.78, 5) is 25.6. The number of hydrogen-bond donors (Lipinski definition) is 3. The summed E-state index contributed by atoms with van der Waals surface area (Å²) >= 11 is 0. The molecule has 4 N–H and O–H groups in total. The zero-order valence-electron chi connectivity index (χ0n) is 18.8. The van der Waals surface area contributed by atoms with Crippen LogP contribution in [-0.2, 0) is 16.1 Å². The Morgan fingerprint density at radius 3 is 2.71 bits per heavy atom. The molecular formula is C22H37N7O2. The third-order valence-electron chi connectivity index (χ3n) is 6.05. The van der Waals surface area contributed by atoms with Crippen LogP contribution in [-0.4, -0.2) is 80.3 Å². The number of rotatable bonds is 8. The lowest BCUT2D eigenvalue weighted by Gasteiger charge is -2.33. The summed E-state index contributed by atoms with van der Waals surface area (Å²) in [5.74, 6) is 1.54. The second kappa shape index (κ2) is 11.9. The first-order chi connectivity index (χ1) is 15.1. The zero-order valence-corrected chi connectivity index (χ0v) is 18.8. The van der Waals surface area contributed by atoms with E-state index in [9.17, 15) is 4.79 Å². The van der Waals surface area contributed by atoms with Gasteiger partial charge in [0.2, 0.25) is 5.91 Å². The number of primary amides is 1. The maximum Gasteiger partial charge on any atom is 0.220 e. The molecule has 172 valence electrons. The topological polar surface area (TPSA) is 108 Å². The molecule has 2 aliphatic rings. The molecule has 31 heavy (non-hydrogen) atoms. The quantitative estimate of drug-likeness (QED) is 0.408. The van der Waals surface area contributed by atoms with Gasteiger partial charge < -0.3 is 26.0 Å². The Bertz CT molecular complexity index is 728.